The predicted octanol–water partition coefficient (Wildman–Crippen LogP) is 0.333. The Balaban J connectivity index is 1.97. The Kier molecular flexibility index (Phi) is 9.04. The van der Waals surface area contributed by atoms with Crippen LogP contribution in [-0.2, 0) is 41.1 Å². The Morgan fingerprint density at radius 1 is 1.10 bits per heavy atom. The molecule has 0 aliphatic carbocycles. The highest BCUT2D eigenvalue weighted by atomic mass is 32.2. The van der Waals surface area contributed by atoms with E-state index >= 15 is 0 Å². The van der Waals surface area contributed by atoms with E-state index in [0.29, 0.717) is 19.3 Å². The van der Waals surface area contributed by atoms with Crippen molar-refractivity contribution in [3.05, 3.63) is 0 Å². The number of hydrogen-bond acceptors (Lipinski definition) is 10. The van der Waals surface area contributed by atoms with Crippen LogP contribution in [0.3, 0.4) is 0 Å². The lowest BCUT2D eigenvalue weighted by molar-refractivity contribution is -0.257. The lowest BCUT2D eigenvalue weighted by Gasteiger charge is -2.38. The number of methoxy groups -OCH3 is 1. The Labute approximate surface area is 172 Å². The van der Waals surface area contributed by atoms with Gasteiger partial charge in [-0.25, -0.2) is 13.7 Å². The van der Waals surface area contributed by atoms with Crippen LogP contribution in [-0.4, -0.2) is 76.6 Å². The van der Waals surface area contributed by atoms with E-state index in [1.165, 1.54) is 7.11 Å². The second-order valence-corrected chi connectivity index (χ2v) is 12.1. The highest BCUT2D eigenvalue weighted by molar-refractivity contribution is 7.99. The summed E-state index contributed by atoms with van der Waals surface area (Å²) in [5, 5.41) is 0. The summed E-state index contributed by atoms with van der Waals surface area (Å²) in [4.78, 5) is 35.9. The van der Waals surface area contributed by atoms with Crippen LogP contribution in [0.25, 0.3) is 0 Å². The third-order valence-corrected chi connectivity index (χ3v) is 8.98. The minimum Gasteiger partial charge on any atom is -0.379 e. The zero-order valence-corrected chi connectivity index (χ0v) is 19.2. The molecule has 13 nitrogen and oxygen atoms in total. The van der Waals surface area contributed by atoms with Crippen molar-refractivity contribution in [3.8, 4) is 0 Å². The van der Waals surface area contributed by atoms with Crippen molar-refractivity contribution in [2.75, 3.05) is 25.2 Å². The number of ether oxygens (including phenoxy) is 3. The van der Waals surface area contributed by atoms with E-state index in [2.05, 4.69) is 13.1 Å². The van der Waals surface area contributed by atoms with Crippen LogP contribution in [0.5, 0.6) is 0 Å². The molecule has 2 fully saturated rings. The molecule has 29 heavy (non-hydrogen) atoms. The molecule has 2 saturated heterocycles. The standard InChI is InChI=1S/C11H24BO13P3S/c1-20-11(2-4-29-5-3-11)23-8-6-10(12)22-9(8)7-21-27(16,17)25-28(18,19)24-26(13,14)15/h8-10H,2-7,12H2,1H3,(H,16,17)(H,18,19)(H2,13,14,15). The lowest BCUT2D eigenvalue weighted by atomic mass is 9.95. The van der Waals surface area contributed by atoms with Crippen LogP contribution < -0.4 is 0 Å². The molecule has 0 aromatic rings. The molecular formula is C11H24BO13P3S. The summed E-state index contributed by atoms with van der Waals surface area (Å²) >= 11 is 1.77. The molecule has 0 amide bonds. The molecule has 0 aromatic carbocycles. The molecule has 0 aromatic heterocycles. The highest BCUT2D eigenvalue weighted by Gasteiger charge is 2.45. The number of phosphoric acid groups is 3. The van der Waals surface area contributed by atoms with E-state index in [-0.39, 0.29) is 6.00 Å². The van der Waals surface area contributed by atoms with Gasteiger partial charge in [-0.05, 0) is 17.9 Å². The molecule has 170 valence electrons. The zero-order chi connectivity index (χ0) is 21.9. The number of phosphoric ester groups is 1. The van der Waals surface area contributed by atoms with Crippen molar-refractivity contribution in [2.45, 2.75) is 43.3 Å². The third-order valence-electron chi connectivity index (χ3n) is 4.20. The molecule has 5 atom stereocenters. The average Bonchev–Trinajstić information content (AvgIpc) is 2.90. The van der Waals surface area contributed by atoms with Gasteiger partial charge in [0.05, 0.1) is 12.7 Å². The second-order valence-electron chi connectivity index (χ2n) is 6.49. The van der Waals surface area contributed by atoms with Crippen molar-refractivity contribution in [2.24, 2.45) is 0 Å². The van der Waals surface area contributed by atoms with Gasteiger partial charge >= 0.3 is 23.5 Å². The number of hydrogen-bond donors (Lipinski definition) is 4. The van der Waals surface area contributed by atoms with Crippen molar-refractivity contribution < 1.29 is 60.6 Å². The van der Waals surface area contributed by atoms with Gasteiger partial charge in [-0.3, -0.25) is 4.52 Å². The van der Waals surface area contributed by atoms with Gasteiger partial charge in [0, 0.05) is 26.0 Å². The van der Waals surface area contributed by atoms with Crippen molar-refractivity contribution >= 4 is 43.1 Å². The first-order chi connectivity index (χ1) is 13.2. The summed E-state index contributed by atoms with van der Waals surface area (Å²) in [5.74, 6) is 0.894. The maximum absolute atomic E-state index is 11.9. The zero-order valence-electron chi connectivity index (χ0n) is 15.7. The van der Waals surface area contributed by atoms with Gasteiger partial charge in [0.15, 0.2) is 5.79 Å². The summed E-state index contributed by atoms with van der Waals surface area (Å²) in [5.41, 5.74) is 0. The van der Waals surface area contributed by atoms with Gasteiger partial charge in [0.1, 0.15) is 14.0 Å². The normalized spacial score (nSPS) is 31.8. The van der Waals surface area contributed by atoms with Gasteiger partial charge in [-0.1, -0.05) is 0 Å². The first-order valence-electron chi connectivity index (χ1n) is 8.49. The lowest BCUT2D eigenvalue weighted by Crippen LogP contribution is -2.44. The van der Waals surface area contributed by atoms with E-state index in [9.17, 15) is 23.5 Å². The Morgan fingerprint density at radius 3 is 2.28 bits per heavy atom. The minimum absolute atomic E-state index is 0.249. The summed E-state index contributed by atoms with van der Waals surface area (Å²) in [6.45, 7) is -0.548. The fourth-order valence-corrected chi connectivity index (χ4v) is 7.14. The number of rotatable bonds is 10. The molecule has 0 bridgehead atoms. The molecule has 0 spiro atoms. The fraction of sp³-hybridized carbons (Fsp3) is 1.00. The van der Waals surface area contributed by atoms with Gasteiger partial charge in [-0.2, -0.15) is 20.4 Å². The van der Waals surface area contributed by atoms with Crippen LogP contribution in [0.1, 0.15) is 19.3 Å². The summed E-state index contributed by atoms with van der Waals surface area (Å²) in [7, 11) is -12.9. The Bertz CT molecular complexity index is 697. The topological polar surface area (TPSA) is 188 Å². The van der Waals surface area contributed by atoms with E-state index < -0.39 is 48.1 Å². The molecule has 2 aliphatic rings. The maximum atomic E-state index is 11.9. The number of thioether (sulfide) groups is 1. The first-order valence-corrected chi connectivity index (χ1v) is 14.2. The molecule has 2 heterocycles. The van der Waals surface area contributed by atoms with Crippen LogP contribution in [0.2, 0.25) is 0 Å². The monoisotopic (exact) mass is 500 g/mol. The van der Waals surface area contributed by atoms with Gasteiger partial charge in [0.2, 0.25) is 0 Å². The SMILES string of the molecule is BC1CC(OC2(OC)CCSCC2)C(COP(=O)(O)OP(=O)(O)OP(=O)(O)O)O1. The van der Waals surface area contributed by atoms with Crippen LogP contribution in [0.15, 0.2) is 0 Å². The predicted molar refractivity (Wildman–Crippen MR) is 103 cm³/mol. The molecule has 0 radical (unpaired) electrons. The van der Waals surface area contributed by atoms with Crippen molar-refractivity contribution in [3.63, 3.8) is 0 Å². The molecular weight excluding hydrogens is 476 g/mol. The highest BCUT2D eigenvalue weighted by Crippen LogP contribution is 2.66. The largest absolute Gasteiger partial charge is 0.490 e. The molecule has 0 saturated carbocycles. The second kappa shape index (κ2) is 10.1. The smallest absolute Gasteiger partial charge is 0.379 e. The molecule has 18 heteroatoms. The van der Waals surface area contributed by atoms with Crippen molar-refractivity contribution in [1.29, 1.82) is 0 Å². The molecule has 2 rings (SSSR count). The van der Waals surface area contributed by atoms with Gasteiger partial charge in [-0.15, -0.1) is 0 Å². The van der Waals surface area contributed by atoms with Gasteiger partial charge in [0.25, 0.3) is 0 Å². The average molecular weight is 500 g/mol. The van der Waals surface area contributed by atoms with E-state index in [1.54, 1.807) is 19.6 Å². The Morgan fingerprint density at radius 2 is 1.72 bits per heavy atom. The van der Waals surface area contributed by atoms with Crippen LogP contribution in [0, 0.1) is 0 Å². The van der Waals surface area contributed by atoms with E-state index in [0.717, 1.165) is 11.5 Å². The quantitative estimate of drug-likeness (QED) is 0.183. The minimum atomic E-state index is -5.56. The van der Waals surface area contributed by atoms with Crippen molar-refractivity contribution in [1.82, 2.24) is 0 Å². The Hall–Kier alpha value is 0.705. The molecule has 2 aliphatic heterocycles. The maximum Gasteiger partial charge on any atom is 0.490 e. The van der Waals surface area contributed by atoms with Gasteiger partial charge < -0.3 is 33.8 Å². The molecule has 5 unspecified atom stereocenters. The molecule has 4 N–H and O–H groups in total. The fourth-order valence-electron chi connectivity index (χ4n) is 2.99. The van der Waals surface area contributed by atoms with Crippen LogP contribution >= 0.6 is 35.2 Å². The van der Waals surface area contributed by atoms with E-state index in [4.69, 9.17) is 24.0 Å². The summed E-state index contributed by atoms with van der Waals surface area (Å²) in [6, 6.07) is -0.249. The summed E-state index contributed by atoms with van der Waals surface area (Å²) < 4.78 is 63.3. The third kappa shape index (κ3) is 8.63. The summed E-state index contributed by atoms with van der Waals surface area (Å²) in [6.07, 6.45) is 0.420. The van der Waals surface area contributed by atoms with Crippen LogP contribution in [0.4, 0.5) is 0 Å². The van der Waals surface area contributed by atoms with E-state index in [1.807, 2.05) is 0 Å². The first kappa shape index (κ1) is 26.0.